The number of nitrogens with zero attached hydrogens (tertiary/aromatic N) is 2. The lowest BCUT2D eigenvalue weighted by molar-refractivity contribution is -0.112. The number of Topliss-reactive ketones (excluding diaryl/α,β-unsaturated/α-hetero) is 1. The van der Waals surface area contributed by atoms with Crippen molar-refractivity contribution < 1.29 is 19.1 Å². The molecule has 2 heterocycles. The van der Waals surface area contributed by atoms with Gasteiger partial charge in [0, 0.05) is 35.5 Å². The van der Waals surface area contributed by atoms with E-state index in [2.05, 4.69) is 10.3 Å². The van der Waals surface area contributed by atoms with Crippen molar-refractivity contribution in [3.05, 3.63) is 41.2 Å². The first-order valence-electron chi connectivity index (χ1n) is 7.04. The van der Waals surface area contributed by atoms with E-state index in [0.29, 0.717) is 27.8 Å². The van der Waals surface area contributed by atoms with Crippen molar-refractivity contribution in [1.29, 1.82) is 0 Å². The maximum absolute atomic E-state index is 12.5. The van der Waals surface area contributed by atoms with Gasteiger partial charge in [0.05, 0.1) is 19.9 Å². The van der Waals surface area contributed by atoms with E-state index in [1.165, 1.54) is 25.6 Å². The van der Waals surface area contributed by atoms with Crippen LogP contribution in [0.4, 0.5) is 5.69 Å². The number of aryl methyl sites for hydroxylation is 1. The summed E-state index contributed by atoms with van der Waals surface area (Å²) in [6.45, 7) is 1.70. The number of imidazole rings is 1. The van der Waals surface area contributed by atoms with Gasteiger partial charge in [0.25, 0.3) is 11.7 Å². The number of carbonyl (C=O) groups excluding carboxylic acids is 2. The fraction of sp³-hybridized carbons (Fsp3) is 0.188. The minimum atomic E-state index is -0.749. The van der Waals surface area contributed by atoms with Crippen molar-refractivity contribution in [2.75, 3.05) is 19.5 Å². The summed E-state index contributed by atoms with van der Waals surface area (Å²) >= 11 is 1.40. The number of hydrogen-bond donors (Lipinski definition) is 1. The van der Waals surface area contributed by atoms with Gasteiger partial charge in [-0.2, -0.15) is 0 Å². The summed E-state index contributed by atoms with van der Waals surface area (Å²) in [6, 6.07) is 4.89. The lowest BCUT2D eigenvalue weighted by atomic mass is 10.2. The minimum Gasteiger partial charge on any atom is -0.497 e. The number of thiazole rings is 1. The number of hydrogen-bond acceptors (Lipinski definition) is 6. The van der Waals surface area contributed by atoms with E-state index < -0.39 is 11.7 Å². The number of rotatable bonds is 5. The summed E-state index contributed by atoms with van der Waals surface area (Å²) < 4.78 is 11.9. The Morgan fingerprint density at radius 3 is 2.46 bits per heavy atom. The van der Waals surface area contributed by atoms with E-state index in [4.69, 9.17) is 9.47 Å². The quantitative estimate of drug-likeness (QED) is 0.568. The second-order valence-corrected chi connectivity index (χ2v) is 5.86. The van der Waals surface area contributed by atoms with Crippen LogP contribution in [0.25, 0.3) is 4.96 Å². The Bertz CT molecular complexity index is 906. The third-order valence-electron chi connectivity index (χ3n) is 3.47. The van der Waals surface area contributed by atoms with Gasteiger partial charge in [-0.15, -0.1) is 11.3 Å². The summed E-state index contributed by atoms with van der Waals surface area (Å²) in [6.07, 6.45) is 1.72. The Kier molecular flexibility index (Phi) is 4.22. The molecule has 0 aliphatic rings. The smallest absolute Gasteiger partial charge is 0.298 e. The van der Waals surface area contributed by atoms with E-state index in [1.807, 2.05) is 5.38 Å². The van der Waals surface area contributed by atoms with Crippen molar-refractivity contribution in [3.63, 3.8) is 0 Å². The molecule has 0 aliphatic carbocycles. The number of methoxy groups -OCH3 is 2. The molecular weight excluding hydrogens is 330 g/mol. The summed E-state index contributed by atoms with van der Waals surface area (Å²) in [5.74, 6) is -0.377. The van der Waals surface area contributed by atoms with Gasteiger partial charge < -0.3 is 14.8 Å². The molecule has 0 unspecified atom stereocenters. The van der Waals surface area contributed by atoms with Crippen LogP contribution in [0.2, 0.25) is 0 Å². The van der Waals surface area contributed by atoms with Crippen LogP contribution in [0.5, 0.6) is 11.5 Å². The lowest BCUT2D eigenvalue weighted by Gasteiger charge is -2.09. The van der Waals surface area contributed by atoms with Crippen LogP contribution in [0.1, 0.15) is 16.2 Å². The zero-order valence-corrected chi connectivity index (χ0v) is 14.1. The molecule has 0 saturated carbocycles. The van der Waals surface area contributed by atoms with Gasteiger partial charge >= 0.3 is 0 Å². The van der Waals surface area contributed by atoms with E-state index in [-0.39, 0.29) is 5.69 Å². The normalized spacial score (nSPS) is 10.6. The number of benzene rings is 1. The van der Waals surface area contributed by atoms with E-state index in [0.717, 1.165) is 0 Å². The molecule has 1 aromatic carbocycles. The second-order valence-electron chi connectivity index (χ2n) is 4.99. The first-order chi connectivity index (χ1) is 11.5. The maximum Gasteiger partial charge on any atom is 0.298 e. The van der Waals surface area contributed by atoms with Gasteiger partial charge in [-0.25, -0.2) is 4.98 Å². The highest BCUT2D eigenvalue weighted by molar-refractivity contribution is 7.15. The molecule has 0 radical (unpaired) electrons. The fourth-order valence-corrected chi connectivity index (χ4v) is 3.10. The largest absolute Gasteiger partial charge is 0.497 e. The van der Waals surface area contributed by atoms with Crippen LogP contribution < -0.4 is 14.8 Å². The third-order valence-corrected chi connectivity index (χ3v) is 4.22. The van der Waals surface area contributed by atoms with Crippen LogP contribution in [0.15, 0.2) is 29.8 Å². The third kappa shape index (κ3) is 2.83. The molecular formula is C16H15N3O4S. The van der Waals surface area contributed by atoms with Crippen LogP contribution in [0.3, 0.4) is 0 Å². The zero-order valence-electron chi connectivity index (χ0n) is 13.3. The van der Waals surface area contributed by atoms with Crippen molar-refractivity contribution in [3.8, 4) is 11.5 Å². The molecule has 3 rings (SSSR count). The molecule has 8 heteroatoms. The molecule has 0 saturated heterocycles. The Balaban J connectivity index is 1.88. The summed E-state index contributed by atoms with van der Waals surface area (Å²) in [5, 5.41) is 4.39. The van der Waals surface area contributed by atoms with Gasteiger partial charge in [-0.1, -0.05) is 0 Å². The minimum absolute atomic E-state index is 0.263. The standard InChI is InChI=1S/C16H15N3O4S/c1-9-13(19-4-5-24-16(19)17-9)14(20)15(21)18-10-6-11(22-2)8-12(7-10)23-3/h4-8H,1-3H3,(H,18,21). The number of aromatic nitrogens is 2. The van der Waals surface area contributed by atoms with Gasteiger partial charge in [0.15, 0.2) is 4.96 Å². The van der Waals surface area contributed by atoms with Crippen LogP contribution in [-0.2, 0) is 4.79 Å². The highest BCUT2D eigenvalue weighted by Crippen LogP contribution is 2.26. The number of ether oxygens (including phenoxy) is 2. The lowest BCUT2D eigenvalue weighted by Crippen LogP contribution is -2.24. The molecule has 0 aliphatic heterocycles. The monoisotopic (exact) mass is 345 g/mol. The first-order valence-corrected chi connectivity index (χ1v) is 7.92. The maximum atomic E-state index is 12.5. The van der Waals surface area contributed by atoms with Crippen molar-refractivity contribution in [2.24, 2.45) is 0 Å². The highest BCUT2D eigenvalue weighted by atomic mass is 32.1. The molecule has 7 nitrogen and oxygen atoms in total. The number of fused-ring (bicyclic) bond motifs is 1. The number of ketones is 1. The van der Waals surface area contributed by atoms with Crippen molar-refractivity contribution in [1.82, 2.24) is 9.38 Å². The summed E-state index contributed by atoms with van der Waals surface area (Å²) in [7, 11) is 3.02. The molecule has 1 amide bonds. The molecule has 0 fully saturated rings. The fourth-order valence-electron chi connectivity index (χ4n) is 2.34. The number of carbonyl (C=O) groups is 2. The molecule has 3 aromatic rings. The highest BCUT2D eigenvalue weighted by Gasteiger charge is 2.24. The Morgan fingerprint density at radius 2 is 1.83 bits per heavy atom. The number of anilines is 1. The number of nitrogens with one attached hydrogen (secondary N) is 1. The van der Waals surface area contributed by atoms with E-state index in [1.54, 1.807) is 35.7 Å². The van der Waals surface area contributed by atoms with Crippen LogP contribution in [0, 0.1) is 6.92 Å². The van der Waals surface area contributed by atoms with Crippen molar-refractivity contribution in [2.45, 2.75) is 6.92 Å². The molecule has 124 valence electrons. The average molecular weight is 345 g/mol. The van der Waals surface area contributed by atoms with Gasteiger partial charge in [-0.3, -0.25) is 14.0 Å². The molecule has 2 aromatic heterocycles. The average Bonchev–Trinajstić information content (AvgIpc) is 3.13. The van der Waals surface area contributed by atoms with Gasteiger partial charge in [0.1, 0.15) is 17.2 Å². The molecule has 0 atom stereocenters. The molecule has 0 bridgehead atoms. The Morgan fingerprint density at radius 1 is 1.17 bits per heavy atom. The summed E-state index contributed by atoms with van der Waals surface area (Å²) in [4.78, 5) is 29.8. The van der Waals surface area contributed by atoms with E-state index >= 15 is 0 Å². The van der Waals surface area contributed by atoms with Crippen LogP contribution >= 0.6 is 11.3 Å². The van der Waals surface area contributed by atoms with Crippen LogP contribution in [-0.4, -0.2) is 35.3 Å². The molecule has 1 N–H and O–H groups in total. The zero-order chi connectivity index (χ0) is 17.3. The van der Waals surface area contributed by atoms with Gasteiger partial charge in [-0.05, 0) is 6.92 Å². The molecule has 24 heavy (non-hydrogen) atoms. The predicted molar refractivity (Wildman–Crippen MR) is 90.3 cm³/mol. The van der Waals surface area contributed by atoms with Gasteiger partial charge in [0.2, 0.25) is 0 Å². The number of amides is 1. The first kappa shape index (κ1) is 16.0. The SMILES string of the molecule is COc1cc(NC(=O)C(=O)c2c(C)nc3sccn23)cc(OC)c1. The van der Waals surface area contributed by atoms with E-state index in [9.17, 15) is 9.59 Å². The topological polar surface area (TPSA) is 81.9 Å². The second kappa shape index (κ2) is 6.32. The Labute approximate surface area is 141 Å². The van der Waals surface area contributed by atoms with Crippen molar-refractivity contribution >= 4 is 33.7 Å². The predicted octanol–water partition coefficient (Wildman–Crippen LogP) is 2.54. The Hall–Kier alpha value is -2.87. The molecule has 0 spiro atoms. The summed E-state index contributed by atoms with van der Waals surface area (Å²) in [5.41, 5.74) is 1.19.